The van der Waals surface area contributed by atoms with E-state index in [9.17, 15) is 9.18 Å². The van der Waals surface area contributed by atoms with Crippen molar-refractivity contribution in [3.63, 3.8) is 0 Å². The van der Waals surface area contributed by atoms with Crippen LogP contribution in [0.3, 0.4) is 0 Å². The molecule has 122 valence electrons. The molecule has 0 fully saturated rings. The molecule has 0 aromatic heterocycles. The van der Waals surface area contributed by atoms with Crippen molar-refractivity contribution in [2.24, 2.45) is 0 Å². The molecule has 0 aliphatic heterocycles. The van der Waals surface area contributed by atoms with E-state index in [0.29, 0.717) is 25.2 Å². The summed E-state index contributed by atoms with van der Waals surface area (Å²) < 4.78 is 13.5. The highest BCUT2D eigenvalue weighted by molar-refractivity contribution is 5.77. The van der Waals surface area contributed by atoms with Gasteiger partial charge in [0.25, 0.3) is 0 Å². The minimum absolute atomic E-state index is 0.0627. The number of nitrogens with zero attached hydrogens (tertiary/aromatic N) is 1. The van der Waals surface area contributed by atoms with Gasteiger partial charge in [-0.2, -0.15) is 0 Å². The van der Waals surface area contributed by atoms with Gasteiger partial charge >= 0.3 is 0 Å². The molecule has 0 aliphatic rings. The Hall–Kier alpha value is -2.36. The number of amides is 1. The molecule has 23 heavy (non-hydrogen) atoms. The molecule has 0 radical (unpaired) electrons. The van der Waals surface area contributed by atoms with Crippen LogP contribution in [0.25, 0.3) is 0 Å². The zero-order valence-electron chi connectivity index (χ0n) is 13.6. The molecule has 1 amide bonds. The summed E-state index contributed by atoms with van der Waals surface area (Å²) in [6, 6.07) is 16.5. The molecule has 0 heterocycles. The van der Waals surface area contributed by atoms with Gasteiger partial charge in [0.2, 0.25) is 5.91 Å². The van der Waals surface area contributed by atoms with Gasteiger partial charge in [-0.1, -0.05) is 42.5 Å². The number of halogens is 1. The average Bonchev–Trinajstić information content (AvgIpc) is 2.55. The van der Waals surface area contributed by atoms with E-state index in [4.69, 9.17) is 0 Å². The summed E-state index contributed by atoms with van der Waals surface area (Å²) in [5.74, 6) is -0.238. The van der Waals surface area contributed by atoms with Gasteiger partial charge in [-0.25, -0.2) is 4.39 Å². The molecule has 3 nitrogen and oxygen atoms in total. The van der Waals surface area contributed by atoms with Crippen LogP contribution in [-0.4, -0.2) is 23.4 Å². The lowest BCUT2D eigenvalue weighted by molar-refractivity contribution is -0.133. The summed E-state index contributed by atoms with van der Waals surface area (Å²) >= 11 is 0. The molecule has 2 aromatic carbocycles. The maximum absolute atomic E-state index is 13.5. The van der Waals surface area contributed by atoms with Crippen molar-refractivity contribution in [2.75, 3.05) is 11.9 Å². The predicted molar refractivity (Wildman–Crippen MR) is 91.6 cm³/mol. The summed E-state index contributed by atoms with van der Waals surface area (Å²) in [6.07, 6.45) is 0.333. The molecule has 0 bridgehead atoms. The van der Waals surface area contributed by atoms with Crippen LogP contribution in [0, 0.1) is 5.82 Å². The molecule has 2 aromatic rings. The Morgan fingerprint density at radius 3 is 2.39 bits per heavy atom. The van der Waals surface area contributed by atoms with Gasteiger partial charge in [0, 0.05) is 25.6 Å². The summed E-state index contributed by atoms with van der Waals surface area (Å²) in [7, 11) is 0. The highest BCUT2D eigenvalue weighted by Crippen LogP contribution is 2.13. The quantitative estimate of drug-likeness (QED) is 0.835. The average molecular weight is 314 g/mol. The molecule has 0 saturated carbocycles. The minimum Gasteiger partial charge on any atom is -0.382 e. The van der Waals surface area contributed by atoms with Crippen LogP contribution in [0.4, 0.5) is 10.1 Å². The standard InChI is InChI=1S/C19H23FN2O/c1-15(2)22(14-16-8-4-3-5-9-16)19(23)12-13-21-18-11-7-6-10-17(18)20/h3-11,15,21H,12-14H2,1-2H3. The second kappa shape index (κ2) is 8.32. The molecule has 2 rings (SSSR count). The van der Waals surface area contributed by atoms with E-state index in [1.54, 1.807) is 18.2 Å². The molecule has 1 N–H and O–H groups in total. The predicted octanol–water partition coefficient (Wildman–Crippen LogP) is 4.06. The van der Waals surface area contributed by atoms with E-state index >= 15 is 0 Å². The van der Waals surface area contributed by atoms with Crippen LogP contribution in [0.5, 0.6) is 0 Å². The fourth-order valence-electron chi connectivity index (χ4n) is 2.39. The molecule has 4 heteroatoms. The molecule has 0 unspecified atom stereocenters. The highest BCUT2D eigenvalue weighted by Gasteiger charge is 2.17. The second-order valence-corrected chi connectivity index (χ2v) is 5.76. The largest absolute Gasteiger partial charge is 0.382 e. The number of para-hydroxylation sites is 1. The van der Waals surface area contributed by atoms with Crippen molar-refractivity contribution in [2.45, 2.75) is 32.9 Å². The maximum Gasteiger partial charge on any atom is 0.224 e. The lowest BCUT2D eigenvalue weighted by Crippen LogP contribution is -2.37. The van der Waals surface area contributed by atoms with Crippen LogP contribution in [0.15, 0.2) is 54.6 Å². The van der Waals surface area contributed by atoms with Gasteiger partial charge in [-0.05, 0) is 31.5 Å². The topological polar surface area (TPSA) is 32.3 Å². The summed E-state index contributed by atoms with van der Waals surface area (Å²) in [5.41, 5.74) is 1.54. The Morgan fingerprint density at radius 1 is 1.09 bits per heavy atom. The summed E-state index contributed by atoms with van der Waals surface area (Å²) in [4.78, 5) is 14.3. The van der Waals surface area contributed by atoms with E-state index in [-0.39, 0.29) is 17.8 Å². The normalized spacial score (nSPS) is 10.6. The number of hydrogen-bond acceptors (Lipinski definition) is 2. The second-order valence-electron chi connectivity index (χ2n) is 5.76. The SMILES string of the molecule is CC(C)N(Cc1ccccc1)C(=O)CCNc1ccccc1F. The zero-order valence-corrected chi connectivity index (χ0v) is 13.6. The number of carbonyl (C=O) groups is 1. The van der Waals surface area contributed by atoms with Crippen molar-refractivity contribution >= 4 is 11.6 Å². The van der Waals surface area contributed by atoms with Crippen molar-refractivity contribution in [3.8, 4) is 0 Å². The number of anilines is 1. The number of hydrogen-bond donors (Lipinski definition) is 1. The Kier molecular flexibility index (Phi) is 6.15. The number of rotatable bonds is 7. The van der Waals surface area contributed by atoms with E-state index in [1.807, 2.05) is 49.1 Å². The number of carbonyl (C=O) groups excluding carboxylic acids is 1. The van der Waals surface area contributed by atoms with Crippen LogP contribution >= 0.6 is 0 Å². The van der Waals surface area contributed by atoms with Gasteiger partial charge in [-0.15, -0.1) is 0 Å². The first-order valence-corrected chi connectivity index (χ1v) is 7.89. The third-order valence-electron chi connectivity index (χ3n) is 3.67. The Morgan fingerprint density at radius 2 is 1.74 bits per heavy atom. The summed E-state index contributed by atoms with van der Waals surface area (Å²) in [5, 5.41) is 2.98. The fraction of sp³-hybridized carbons (Fsp3) is 0.316. The van der Waals surface area contributed by atoms with Crippen molar-refractivity contribution < 1.29 is 9.18 Å². The molecule has 0 saturated heterocycles. The van der Waals surface area contributed by atoms with Crippen LogP contribution in [-0.2, 0) is 11.3 Å². The highest BCUT2D eigenvalue weighted by atomic mass is 19.1. The molecule has 0 spiro atoms. The van der Waals surface area contributed by atoms with Gasteiger partial charge < -0.3 is 10.2 Å². The number of benzene rings is 2. The fourth-order valence-corrected chi connectivity index (χ4v) is 2.39. The van der Waals surface area contributed by atoms with Crippen molar-refractivity contribution in [1.82, 2.24) is 4.90 Å². The lowest BCUT2D eigenvalue weighted by atomic mass is 10.1. The Labute approximate surface area is 137 Å². The molecule has 0 aliphatic carbocycles. The van der Waals surface area contributed by atoms with Crippen molar-refractivity contribution in [1.29, 1.82) is 0 Å². The van der Waals surface area contributed by atoms with E-state index in [2.05, 4.69) is 5.32 Å². The van der Waals surface area contributed by atoms with Crippen LogP contribution in [0.1, 0.15) is 25.8 Å². The van der Waals surface area contributed by atoms with Gasteiger partial charge in [0.05, 0.1) is 5.69 Å². The first-order chi connectivity index (χ1) is 11.1. The van der Waals surface area contributed by atoms with Gasteiger partial charge in [0.15, 0.2) is 0 Å². The maximum atomic E-state index is 13.5. The Bertz CT molecular complexity index is 628. The smallest absolute Gasteiger partial charge is 0.224 e. The monoisotopic (exact) mass is 314 g/mol. The third kappa shape index (κ3) is 5.09. The summed E-state index contributed by atoms with van der Waals surface area (Å²) in [6.45, 7) is 5.02. The van der Waals surface area contributed by atoms with Gasteiger partial charge in [0.1, 0.15) is 5.82 Å². The first kappa shape index (κ1) is 17.0. The molecular formula is C19H23FN2O. The van der Waals surface area contributed by atoms with Crippen molar-refractivity contribution in [3.05, 3.63) is 66.0 Å². The van der Waals surface area contributed by atoms with Crippen LogP contribution < -0.4 is 5.32 Å². The first-order valence-electron chi connectivity index (χ1n) is 7.89. The van der Waals surface area contributed by atoms with E-state index in [1.165, 1.54) is 6.07 Å². The van der Waals surface area contributed by atoms with E-state index in [0.717, 1.165) is 5.56 Å². The van der Waals surface area contributed by atoms with E-state index < -0.39 is 0 Å². The van der Waals surface area contributed by atoms with Gasteiger partial charge in [-0.3, -0.25) is 4.79 Å². The third-order valence-corrected chi connectivity index (χ3v) is 3.67. The lowest BCUT2D eigenvalue weighted by Gasteiger charge is -2.27. The number of nitrogens with one attached hydrogen (secondary N) is 1. The Balaban J connectivity index is 1.90. The molecular weight excluding hydrogens is 291 g/mol. The van der Waals surface area contributed by atoms with Crippen LogP contribution in [0.2, 0.25) is 0 Å². The minimum atomic E-state index is -0.301. The zero-order chi connectivity index (χ0) is 16.7. The molecule has 0 atom stereocenters.